The summed E-state index contributed by atoms with van der Waals surface area (Å²) >= 11 is 1.70. The van der Waals surface area contributed by atoms with Crippen LogP contribution in [0, 0.1) is 12.8 Å². The Morgan fingerprint density at radius 3 is 2.61 bits per heavy atom. The van der Waals surface area contributed by atoms with Gasteiger partial charge >= 0.3 is 0 Å². The highest BCUT2D eigenvalue weighted by atomic mass is 32.1. The monoisotopic (exact) mass is 330 g/mol. The van der Waals surface area contributed by atoms with E-state index in [-0.39, 0.29) is 0 Å². The van der Waals surface area contributed by atoms with Gasteiger partial charge in [-0.2, -0.15) is 0 Å². The number of thiazole rings is 1. The van der Waals surface area contributed by atoms with Gasteiger partial charge in [0, 0.05) is 37.5 Å². The van der Waals surface area contributed by atoms with Gasteiger partial charge in [0.2, 0.25) is 0 Å². The van der Waals surface area contributed by atoms with Gasteiger partial charge in [-0.3, -0.25) is 4.99 Å². The average molecular weight is 331 g/mol. The number of aromatic nitrogens is 1. The largest absolute Gasteiger partial charge is 0.356 e. The number of guanidine groups is 1. The van der Waals surface area contributed by atoms with E-state index in [2.05, 4.69) is 66.0 Å². The molecule has 124 valence electrons. The summed E-state index contributed by atoms with van der Waals surface area (Å²) < 4.78 is 0. The van der Waals surface area contributed by atoms with Crippen LogP contribution in [0.25, 0.3) is 10.6 Å². The number of nitrogens with zero attached hydrogens (tertiary/aromatic N) is 2. The Kier molecular flexibility index (Phi) is 6.59. The summed E-state index contributed by atoms with van der Waals surface area (Å²) in [6.45, 7) is 8.22. The van der Waals surface area contributed by atoms with Crippen molar-refractivity contribution < 1.29 is 0 Å². The minimum atomic E-state index is 0.601. The van der Waals surface area contributed by atoms with Crippen LogP contribution in [0.15, 0.2) is 34.6 Å². The molecule has 0 saturated carbocycles. The van der Waals surface area contributed by atoms with E-state index in [4.69, 9.17) is 4.98 Å². The van der Waals surface area contributed by atoms with E-state index in [0.29, 0.717) is 5.92 Å². The zero-order valence-electron chi connectivity index (χ0n) is 14.4. The molecule has 2 aromatic rings. The Morgan fingerprint density at radius 2 is 1.96 bits per heavy atom. The number of hydrogen-bond acceptors (Lipinski definition) is 3. The fraction of sp³-hybridized carbons (Fsp3) is 0.444. The third-order valence-electron chi connectivity index (χ3n) is 3.43. The lowest BCUT2D eigenvalue weighted by Crippen LogP contribution is -2.39. The highest BCUT2D eigenvalue weighted by Gasteiger charge is 2.05. The Balaban J connectivity index is 1.84. The number of rotatable bonds is 6. The molecule has 0 aliphatic heterocycles. The molecule has 0 bridgehead atoms. The molecule has 4 nitrogen and oxygen atoms in total. The summed E-state index contributed by atoms with van der Waals surface area (Å²) in [6.07, 6.45) is 0.894. The van der Waals surface area contributed by atoms with Crippen molar-refractivity contribution in [1.29, 1.82) is 0 Å². The standard InChI is InChI=1S/C18H26N4S/c1-13(2)11-21-18(19-4)20-10-9-16-12-23-17(22-16)15-7-5-14(3)6-8-15/h5-8,12-13H,9-11H2,1-4H3,(H2,19,20,21). The molecule has 0 aliphatic carbocycles. The highest BCUT2D eigenvalue weighted by molar-refractivity contribution is 7.13. The third-order valence-corrected chi connectivity index (χ3v) is 4.37. The van der Waals surface area contributed by atoms with Crippen LogP contribution < -0.4 is 10.6 Å². The molecule has 5 heteroatoms. The molecule has 1 heterocycles. The first-order chi connectivity index (χ1) is 11.1. The molecule has 1 aromatic carbocycles. The van der Waals surface area contributed by atoms with Crippen molar-refractivity contribution in [3.8, 4) is 10.6 Å². The molecule has 0 aliphatic rings. The van der Waals surface area contributed by atoms with Crippen molar-refractivity contribution >= 4 is 17.3 Å². The molecule has 0 saturated heterocycles. The molecule has 23 heavy (non-hydrogen) atoms. The molecule has 0 amide bonds. The van der Waals surface area contributed by atoms with E-state index in [9.17, 15) is 0 Å². The molecule has 0 spiro atoms. The van der Waals surface area contributed by atoms with E-state index in [1.165, 1.54) is 11.1 Å². The molecular formula is C18H26N4S. The first kappa shape index (κ1) is 17.5. The Labute approximate surface area is 143 Å². The van der Waals surface area contributed by atoms with E-state index < -0.39 is 0 Å². The minimum Gasteiger partial charge on any atom is -0.356 e. The van der Waals surface area contributed by atoms with Gasteiger partial charge in [0.15, 0.2) is 5.96 Å². The van der Waals surface area contributed by atoms with Crippen molar-refractivity contribution in [2.24, 2.45) is 10.9 Å². The predicted octanol–water partition coefficient (Wildman–Crippen LogP) is 3.48. The molecule has 2 rings (SSSR count). The van der Waals surface area contributed by atoms with Crippen LogP contribution in [0.3, 0.4) is 0 Å². The lowest BCUT2D eigenvalue weighted by molar-refractivity contribution is 0.614. The van der Waals surface area contributed by atoms with Crippen molar-refractivity contribution in [1.82, 2.24) is 15.6 Å². The van der Waals surface area contributed by atoms with Gasteiger partial charge in [-0.15, -0.1) is 11.3 Å². The first-order valence-corrected chi connectivity index (χ1v) is 8.92. The topological polar surface area (TPSA) is 49.3 Å². The van der Waals surface area contributed by atoms with Crippen molar-refractivity contribution in [3.63, 3.8) is 0 Å². The normalized spacial score (nSPS) is 11.8. The van der Waals surface area contributed by atoms with E-state index >= 15 is 0 Å². The summed E-state index contributed by atoms with van der Waals surface area (Å²) in [6, 6.07) is 8.52. The average Bonchev–Trinajstić information content (AvgIpc) is 3.00. The Bertz CT molecular complexity index is 629. The summed E-state index contributed by atoms with van der Waals surface area (Å²) in [5.41, 5.74) is 3.58. The van der Waals surface area contributed by atoms with Gasteiger partial charge in [0.1, 0.15) is 5.01 Å². The van der Waals surface area contributed by atoms with E-state index in [0.717, 1.165) is 36.2 Å². The maximum absolute atomic E-state index is 4.73. The zero-order chi connectivity index (χ0) is 16.7. The lowest BCUT2D eigenvalue weighted by Gasteiger charge is -2.12. The fourth-order valence-corrected chi connectivity index (χ4v) is 2.94. The molecule has 0 atom stereocenters. The van der Waals surface area contributed by atoms with Crippen LogP contribution in [0.2, 0.25) is 0 Å². The van der Waals surface area contributed by atoms with Gasteiger partial charge in [-0.1, -0.05) is 43.7 Å². The van der Waals surface area contributed by atoms with E-state index in [1.807, 2.05) is 0 Å². The van der Waals surface area contributed by atoms with Crippen molar-refractivity contribution in [2.45, 2.75) is 27.2 Å². The van der Waals surface area contributed by atoms with E-state index in [1.54, 1.807) is 18.4 Å². The van der Waals surface area contributed by atoms with Crippen LogP contribution >= 0.6 is 11.3 Å². The summed E-state index contributed by atoms with van der Waals surface area (Å²) in [4.78, 5) is 8.95. The number of aryl methyl sites for hydroxylation is 1. The van der Waals surface area contributed by atoms with Gasteiger partial charge in [0.05, 0.1) is 5.69 Å². The number of aliphatic imine (C=N–C) groups is 1. The number of nitrogens with one attached hydrogen (secondary N) is 2. The third kappa shape index (κ3) is 5.67. The van der Waals surface area contributed by atoms with Crippen LogP contribution in [0.5, 0.6) is 0 Å². The van der Waals surface area contributed by atoms with Crippen molar-refractivity contribution in [2.75, 3.05) is 20.1 Å². The van der Waals surface area contributed by atoms with Gasteiger partial charge in [-0.25, -0.2) is 4.98 Å². The second kappa shape index (κ2) is 8.67. The second-order valence-corrected chi connectivity index (χ2v) is 6.89. The SMILES string of the molecule is CN=C(NCCc1csc(-c2ccc(C)cc2)n1)NCC(C)C. The van der Waals surface area contributed by atoms with Gasteiger partial charge < -0.3 is 10.6 Å². The smallest absolute Gasteiger partial charge is 0.190 e. The van der Waals surface area contributed by atoms with Gasteiger partial charge in [-0.05, 0) is 12.8 Å². The quantitative estimate of drug-likeness (QED) is 0.630. The second-order valence-electron chi connectivity index (χ2n) is 6.03. The Hall–Kier alpha value is -1.88. The maximum atomic E-state index is 4.73. The molecule has 1 aromatic heterocycles. The van der Waals surface area contributed by atoms with Crippen molar-refractivity contribution in [3.05, 3.63) is 40.9 Å². The number of hydrogen-bond donors (Lipinski definition) is 2. The summed E-state index contributed by atoms with van der Waals surface area (Å²) in [7, 11) is 1.80. The predicted molar refractivity (Wildman–Crippen MR) is 100 cm³/mol. The molecule has 2 N–H and O–H groups in total. The van der Waals surface area contributed by atoms with Crippen LogP contribution in [0.1, 0.15) is 25.1 Å². The fourth-order valence-electron chi connectivity index (χ4n) is 2.08. The zero-order valence-corrected chi connectivity index (χ0v) is 15.2. The minimum absolute atomic E-state index is 0.601. The van der Waals surface area contributed by atoms with Crippen LogP contribution in [0.4, 0.5) is 0 Å². The molecule has 0 radical (unpaired) electrons. The highest BCUT2D eigenvalue weighted by Crippen LogP contribution is 2.24. The maximum Gasteiger partial charge on any atom is 0.190 e. The molecule has 0 fully saturated rings. The molecule has 0 unspecified atom stereocenters. The number of benzene rings is 1. The van der Waals surface area contributed by atoms with Gasteiger partial charge in [0.25, 0.3) is 0 Å². The summed E-state index contributed by atoms with van der Waals surface area (Å²) in [5.74, 6) is 1.46. The van der Waals surface area contributed by atoms with Crippen LogP contribution in [-0.2, 0) is 6.42 Å². The summed E-state index contributed by atoms with van der Waals surface area (Å²) in [5, 5.41) is 9.87. The van der Waals surface area contributed by atoms with Crippen LogP contribution in [-0.4, -0.2) is 31.1 Å². The lowest BCUT2D eigenvalue weighted by atomic mass is 10.2. The molecular weight excluding hydrogens is 304 g/mol. The Morgan fingerprint density at radius 1 is 1.22 bits per heavy atom. The first-order valence-electron chi connectivity index (χ1n) is 8.04.